The molecule has 0 radical (unpaired) electrons. The number of hydrogen-bond donors (Lipinski definition) is 1. The van der Waals surface area contributed by atoms with E-state index in [9.17, 15) is 4.79 Å². The second-order valence-corrected chi connectivity index (χ2v) is 6.91. The van der Waals surface area contributed by atoms with Gasteiger partial charge in [0.1, 0.15) is 0 Å². The van der Waals surface area contributed by atoms with Crippen molar-refractivity contribution in [3.63, 3.8) is 0 Å². The number of nitrogens with one attached hydrogen (secondary N) is 1. The van der Waals surface area contributed by atoms with E-state index in [0.717, 1.165) is 10.6 Å². The smallest absolute Gasteiger partial charge is 0.253 e. The molecule has 0 aliphatic heterocycles. The molecule has 0 saturated carbocycles. The van der Waals surface area contributed by atoms with Crippen molar-refractivity contribution >= 4 is 23.4 Å². The molecular formula is C15H22N2OS. The monoisotopic (exact) mass is 278 g/mol. The molecule has 0 heterocycles. The average molecular weight is 278 g/mol. The van der Waals surface area contributed by atoms with E-state index in [0.29, 0.717) is 0 Å². The van der Waals surface area contributed by atoms with Crippen molar-refractivity contribution in [3.05, 3.63) is 30.3 Å². The van der Waals surface area contributed by atoms with Crippen LogP contribution in [0.3, 0.4) is 0 Å². The normalized spacial score (nSPS) is 14.1. The van der Waals surface area contributed by atoms with Crippen LogP contribution in [-0.2, 0) is 4.79 Å². The Kier molecular flexibility index (Phi) is 5.60. The molecular weight excluding hydrogens is 256 g/mol. The average Bonchev–Trinajstić information content (AvgIpc) is 2.35. The van der Waals surface area contributed by atoms with Gasteiger partial charge in [-0.25, -0.2) is 5.43 Å². The Hall–Kier alpha value is -1.29. The lowest BCUT2D eigenvalue weighted by molar-refractivity contribution is -0.120. The zero-order valence-electron chi connectivity index (χ0n) is 12.2. The maximum Gasteiger partial charge on any atom is 0.253 e. The van der Waals surface area contributed by atoms with E-state index in [1.54, 1.807) is 0 Å². The highest BCUT2D eigenvalue weighted by Gasteiger charge is 2.17. The minimum atomic E-state index is -0.168. The number of rotatable bonds is 4. The van der Waals surface area contributed by atoms with Gasteiger partial charge in [-0.2, -0.15) is 5.10 Å². The Labute approximate surface area is 119 Å². The van der Waals surface area contributed by atoms with Gasteiger partial charge in [0.05, 0.1) is 5.25 Å². The third kappa shape index (κ3) is 5.47. The van der Waals surface area contributed by atoms with Crippen LogP contribution in [0.1, 0.15) is 34.6 Å². The number of hydrogen-bond acceptors (Lipinski definition) is 3. The van der Waals surface area contributed by atoms with Crippen molar-refractivity contribution in [1.82, 2.24) is 5.43 Å². The van der Waals surface area contributed by atoms with Gasteiger partial charge in [0.2, 0.25) is 0 Å². The summed E-state index contributed by atoms with van der Waals surface area (Å²) in [6.07, 6.45) is 0. The Morgan fingerprint density at radius 3 is 2.37 bits per heavy atom. The van der Waals surface area contributed by atoms with E-state index in [4.69, 9.17) is 0 Å². The van der Waals surface area contributed by atoms with E-state index < -0.39 is 0 Å². The van der Waals surface area contributed by atoms with Crippen LogP contribution in [0, 0.1) is 5.41 Å². The number of nitrogens with zero attached hydrogens (tertiary/aromatic N) is 1. The zero-order valence-corrected chi connectivity index (χ0v) is 13.0. The Bertz CT molecular complexity index is 449. The quantitative estimate of drug-likeness (QED) is 0.518. The molecule has 1 amide bonds. The molecule has 0 aliphatic carbocycles. The van der Waals surface area contributed by atoms with Crippen LogP contribution in [0.15, 0.2) is 40.3 Å². The molecule has 0 saturated heterocycles. The Morgan fingerprint density at radius 2 is 1.84 bits per heavy atom. The molecule has 1 N–H and O–H groups in total. The van der Waals surface area contributed by atoms with Gasteiger partial charge in [0.15, 0.2) is 0 Å². The molecule has 1 aromatic carbocycles. The van der Waals surface area contributed by atoms with E-state index in [-0.39, 0.29) is 16.6 Å². The molecule has 1 rings (SSSR count). The molecule has 104 valence electrons. The highest BCUT2D eigenvalue weighted by atomic mass is 32.2. The Morgan fingerprint density at radius 1 is 1.26 bits per heavy atom. The van der Waals surface area contributed by atoms with Crippen molar-refractivity contribution in [1.29, 1.82) is 0 Å². The molecule has 4 heteroatoms. The fraction of sp³-hybridized carbons (Fsp3) is 0.467. The van der Waals surface area contributed by atoms with Crippen molar-refractivity contribution in [2.45, 2.75) is 44.8 Å². The van der Waals surface area contributed by atoms with Gasteiger partial charge in [0, 0.05) is 16.0 Å². The lowest BCUT2D eigenvalue weighted by Crippen LogP contribution is -2.29. The minimum Gasteiger partial charge on any atom is -0.272 e. The van der Waals surface area contributed by atoms with Gasteiger partial charge in [-0.05, 0) is 26.0 Å². The summed E-state index contributed by atoms with van der Waals surface area (Å²) in [5.41, 5.74) is 3.53. The predicted octanol–water partition coefficient (Wildman–Crippen LogP) is 3.71. The summed E-state index contributed by atoms with van der Waals surface area (Å²) < 4.78 is 0. The van der Waals surface area contributed by atoms with Crippen LogP contribution in [0.5, 0.6) is 0 Å². The first-order chi connectivity index (χ1) is 8.80. The van der Waals surface area contributed by atoms with Crippen LogP contribution in [0.4, 0.5) is 0 Å². The van der Waals surface area contributed by atoms with Gasteiger partial charge < -0.3 is 0 Å². The van der Waals surface area contributed by atoms with Crippen molar-refractivity contribution < 1.29 is 4.79 Å². The largest absolute Gasteiger partial charge is 0.272 e. The molecule has 1 atom stereocenters. The lowest BCUT2D eigenvalue weighted by atomic mass is 9.91. The van der Waals surface area contributed by atoms with E-state index in [2.05, 4.69) is 31.3 Å². The van der Waals surface area contributed by atoms with Crippen molar-refractivity contribution in [3.8, 4) is 0 Å². The molecule has 0 aliphatic rings. The Balaban J connectivity index is 2.55. The van der Waals surface area contributed by atoms with Crippen LogP contribution < -0.4 is 5.43 Å². The van der Waals surface area contributed by atoms with Gasteiger partial charge >= 0.3 is 0 Å². The number of hydrazone groups is 1. The van der Waals surface area contributed by atoms with Gasteiger partial charge in [-0.1, -0.05) is 39.0 Å². The van der Waals surface area contributed by atoms with Crippen LogP contribution in [0.25, 0.3) is 0 Å². The highest BCUT2D eigenvalue weighted by Crippen LogP contribution is 2.22. The fourth-order valence-electron chi connectivity index (χ4n) is 1.15. The number of thioether (sulfide) groups is 1. The SMILES string of the molecule is C/C(=N/NC(=O)[C@H](C)Sc1ccccc1)C(C)(C)C. The maximum absolute atomic E-state index is 11.9. The summed E-state index contributed by atoms with van der Waals surface area (Å²) in [7, 11) is 0. The molecule has 0 bridgehead atoms. The summed E-state index contributed by atoms with van der Waals surface area (Å²) >= 11 is 1.53. The number of carbonyl (C=O) groups excluding carboxylic acids is 1. The highest BCUT2D eigenvalue weighted by molar-refractivity contribution is 8.00. The summed E-state index contributed by atoms with van der Waals surface area (Å²) in [6.45, 7) is 10.0. The lowest BCUT2D eigenvalue weighted by Gasteiger charge is -2.18. The fourth-order valence-corrected chi connectivity index (χ4v) is 2.04. The third-order valence-electron chi connectivity index (χ3n) is 2.84. The number of benzene rings is 1. The van der Waals surface area contributed by atoms with Crippen LogP contribution in [-0.4, -0.2) is 16.9 Å². The molecule has 0 spiro atoms. The second kappa shape index (κ2) is 6.75. The van der Waals surface area contributed by atoms with Crippen LogP contribution in [0.2, 0.25) is 0 Å². The molecule has 3 nitrogen and oxygen atoms in total. The van der Waals surface area contributed by atoms with E-state index in [1.165, 1.54) is 11.8 Å². The van der Waals surface area contributed by atoms with Gasteiger partial charge in [-0.15, -0.1) is 11.8 Å². The molecule has 1 aromatic rings. The summed E-state index contributed by atoms with van der Waals surface area (Å²) in [6, 6.07) is 9.89. The maximum atomic E-state index is 11.9. The van der Waals surface area contributed by atoms with Gasteiger partial charge in [-0.3, -0.25) is 4.79 Å². The predicted molar refractivity (Wildman–Crippen MR) is 82.5 cm³/mol. The van der Waals surface area contributed by atoms with Crippen molar-refractivity contribution in [2.24, 2.45) is 10.5 Å². The zero-order chi connectivity index (χ0) is 14.5. The third-order valence-corrected chi connectivity index (χ3v) is 3.96. The van der Waals surface area contributed by atoms with E-state index in [1.807, 2.05) is 44.2 Å². The standard InChI is InChI=1S/C15H22N2OS/c1-11(19-13-9-7-6-8-10-13)14(18)17-16-12(2)15(3,4)5/h6-11H,1-5H3,(H,17,18)/b16-12-/t11-/m0/s1. The first kappa shape index (κ1) is 15.8. The summed E-state index contributed by atoms with van der Waals surface area (Å²) in [5.74, 6) is -0.0718. The molecule has 19 heavy (non-hydrogen) atoms. The van der Waals surface area contributed by atoms with E-state index >= 15 is 0 Å². The summed E-state index contributed by atoms with van der Waals surface area (Å²) in [5, 5.41) is 3.99. The van der Waals surface area contributed by atoms with Crippen molar-refractivity contribution in [2.75, 3.05) is 0 Å². The first-order valence-electron chi connectivity index (χ1n) is 6.37. The molecule has 0 aromatic heterocycles. The molecule has 0 unspecified atom stereocenters. The van der Waals surface area contributed by atoms with Gasteiger partial charge in [0.25, 0.3) is 5.91 Å². The number of amides is 1. The first-order valence-corrected chi connectivity index (χ1v) is 7.25. The second-order valence-electron chi connectivity index (χ2n) is 5.50. The van der Waals surface area contributed by atoms with Crippen LogP contribution >= 0.6 is 11.8 Å². The molecule has 0 fully saturated rings. The number of carbonyl (C=O) groups is 1. The minimum absolute atomic E-state index is 0.0247. The summed E-state index contributed by atoms with van der Waals surface area (Å²) in [4.78, 5) is 13.0. The topological polar surface area (TPSA) is 41.5 Å².